The first-order valence-corrected chi connectivity index (χ1v) is 6.07. The molecule has 0 spiro atoms. The summed E-state index contributed by atoms with van der Waals surface area (Å²) in [6.07, 6.45) is 1.36. The van der Waals surface area contributed by atoms with E-state index in [4.69, 9.17) is 16.3 Å². The number of tetrazole rings is 1. The van der Waals surface area contributed by atoms with E-state index in [2.05, 4.69) is 27.3 Å². The third-order valence-electron chi connectivity index (χ3n) is 2.34. The van der Waals surface area contributed by atoms with E-state index in [9.17, 15) is 4.79 Å². The maximum absolute atomic E-state index is 11.6. The van der Waals surface area contributed by atoms with Crippen LogP contribution in [0.4, 0.5) is 5.95 Å². The minimum atomic E-state index is -0.388. The second kappa shape index (κ2) is 6.16. The van der Waals surface area contributed by atoms with Crippen LogP contribution in [0.2, 0.25) is 5.02 Å². The Kier molecular flexibility index (Phi) is 4.31. The first kappa shape index (κ1) is 14.0. The van der Waals surface area contributed by atoms with Gasteiger partial charge in [-0.3, -0.25) is 10.1 Å². The molecule has 104 valence electrons. The van der Waals surface area contributed by atoms with Gasteiger partial charge in [-0.05, 0) is 35.9 Å². The summed E-state index contributed by atoms with van der Waals surface area (Å²) in [6.45, 7) is 5.16. The maximum Gasteiger partial charge on any atom is 0.270 e. The topological polar surface area (TPSA) is 81.9 Å². The molecule has 0 aliphatic heterocycles. The first-order valence-electron chi connectivity index (χ1n) is 5.69. The zero-order valence-electron chi connectivity index (χ0n) is 10.7. The van der Waals surface area contributed by atoms with E-state index in [0.29, 0.717) is 10.8 Å². The molecule has 0 aliphatic carbocycles. The number of carbonyl (C=O) groups excluding carboxylic acids is 1. The highest BCUT2D eigenvalue weighted by atomic mass is 35.5. The lowest BCUT2D eigenvalue weighted by Gasteiger charge is -2.06. The smallest absolute Gasteiger partial charge is 0.270 e. The van der Waals surface area contributed by atoms with Crippen LogP contribution in [0, 0.1) is 6.92 Å². The number of aromatic nitrogens is 4. The zero-order valence-corrected chi connectivity index (χ0v) is 11.5. The molecule has 1 N–H and O–H groups in total. The summed E-state index contributed by atoms with van der Waals surface area (Å²) < 4.78 is 5.34. The number of hydrogen-bond acceptors (Lipinski definition) is 5. The van der Waals surface area contributed by atoms with Gasteiger partial charge in [-0.2, -0.15) is 0 Å². The van der Waals surface area contributed by atoms with Crippen molar-refractivity contribution in [3.8, 4) is 5.75 Å². The highest BCUT2D eigenvalue weighted by Crippen LogP contribution is 2.20. The molecule has 0 saturated carbocycles. The third kappa shape index (κ3) is 3.55. The first-order chi connectivity index (χ1) is 9.58. The molecule has 0 aliphatic rings. The molecule has 1 amide bonds. The molecule has 1 aromatic carbocycles. The van der Waals surface area contributed by atoms with Crippen LogP contribution in [0.15, 0.2) is 24.8 Å². The molecule has 0 bridgehead atoms. The predicted molar refractivity (Wildman–Crippen MR) is 74.5 cm³/mol. The number of carbonyl (C=O) groups is 1. The number of nitrogens with zero attached hydrogens (tertiary/aromatic N) is 4. The molecule has 2 rings (SSSR count). The molecule has 0 fully saturated rings. The third-order valence-corrected chi connectivity index (χ3v) is 2.77. The van der Waals surface area contributed by atoms with Crippen molar-refractivity contribution < 1.29 is 9.53 Å². The fourth-order valence-corrected chi connectivity index (χ4v) is 1.49. The Hall–Kier alpha value is -2.41. The fourth-order valence-electron chi connectivity index (χ4n) is 1.37. The van der Waals surface area contributed by atoms with E-state index in [1.165, 1.54) is 6.20 Å². The second-order valence-electron chi connectivity index (χ2n) is 3.86. The van der Waals surface area contributed by atoms with Crippen LogP contribution in [-0.2, 0) is 4.79 Å². The van der Waals surface area contributed by atoms with Crippen LogP contribution in [0.5, 0.6) is 5.75 Å². The van der Waals surface area contributed by atoms with Crippen molar-refractivity contribution >= 4 is 29.7 Å². The van der Waals surface area contributed by atoms with Gasteiger partial charge in [0.1, 0.15) is 5.75 Å². The molecule has 8 heteroatoms. The molecule has 1 heterocycles. The predicted octanol–water partition coefficient (Wildman–Crippen LogP) is 1.75. The normalized spacial score (nSPS) is 10.1. The van der Waals surface area contributed by atoms with Crippen LogP contribution >= 0.6 is 11.6 Å². The number of benzene rings is 1. The average molecular weight is 294 g/mol. The van der Waals surface area contributed by atoms with Gasteiger partial charge in [-0.1, -0.05) is 23.3 Å². The molecule has 7 nitrogen and oxygen atoms in total. The number of halogens is 1. The Morgan fingerprint density at radius 3 is 3.05 bits per heavy atom. The van der Waals surface area contributed by atoms with Crippen LogP contribution in [0.3, 0.4) is 0 Å². The lowest BCUT2D eigenvalue weighted by atomic mass is 10.2. The standard InChI is InChI=1S/C12H12ClN5O2/c1-3-18-16-12(15-17-18)14-11(19)7-20-9-4-5-10(13)8(2)6-9/h3-6H,1,7H2,2H3,(H,14,16,19). The maximum atomic E-state index is 11.6. The monoisotopic (exact) mass is 293 g/mol. The van der Waals surface area contributed by atoms with E-state index >= 15 is 0 Å². The average Bonchev–Trinajstić information content (AvgIpc) is 2.88. The van der Waals surface area contributed by atoms with Crippen molar-refractivity contribution in [3.05, 3.63) is 35.4 Å². The van der Waals surface area contributed by atoms with Gasteiger partial charge in [-0.15, -0.1) is 9.90 Å². The van der Waals surface area contributed by atoms with Crippen LogP contribution in [0.25, 0.3) is 6.20 Å². The van der Waals surface area contributed by atoms with Crippen molar-refractivity contribution in [1.29, 1.82) is 0 Å². The van der Waals surface area contributed by atoms with Crippen molar-refractivity contribution in [3.63, 3.8) is 0 Å². The van der Waals surface area contributed by atoms with E-state index < -0.39 is 0 Å². The minimum Gasteiger partial charge on any atom is -0.484 e. The quantitative estimate of drug-likeness (QED) is 0.908. The summed E-state index contributed by atoms with van der Waals surface area (Å²) in [7, 11) is 0. The van der Waals surface area contributed by atoms with E-state index in [1.807, 2.05) is 6.92 Å². The van der Waals surface area contributed by atoms with Gasteiger partial charge in [0.15, 0.2) is 6.61 Å². The number of hydrogen-bond donors (Lipinski definition) is 1. The lowest BCUT2D eigenvalue weighted by Crippen LogP contribution is -2.21. The summed E-state index contributed by atoms with van der Waals surface area (Å²) in [5.74, 6) is 0.261. The van der Waals surface area contributed by atoms with E-state index in [1.54, 1.807) is 18.2 Å². The van der Waals surface area contributed by atoms with Crippen LogP contribution in [-0.4, -0.2) is 32.7 Å². The van der Waals surface area contributed by atoms with Gasteiger partial charge in [0.25, 0.3) is 11.9 Å². The minimum absolute atomic E-state index is 0.0887. The van der Waals surface area contributed by atoms with E-state index in [0.717, 1.165) is 10.4 Å². The molecule has 2 aromatic rings. The molecule has 0 unspecified atom stereocenters. The van der Waals surface area contributed by atoms with Crippen molar-refractivity contribution in [2.75, 3.05) is 11.9 Å². The summed E-state index contributed by atoms with van der Waals surface area (Å²) >= 11 is 5.90. The molecule has 0 radical (unpaired) electrons. The summed E-state index contributed by atoms with van der Waals surface area (Å²) in [4.78, 5) is 12.8. The zero-order chi connectivity index (χ0) is 14.5. The SMILES string of the molecule is C=Cn1nnc(NC(=O)COc2ccc(Cl)c(C)c2)n1. The summed E-state index contributed by atoms with van der Waals surface area (Å²) in [6, 6.07) is 5.15. The van der Waals surface area contributed by atoms with Gasteiger partial charge >= 0.3 is 0 Å². The highest BCUT2D eigenvalue weighted by molar-refractivity contribution is 6.31. The number of rotatable bonds is 5. The molecule has 1 aromatic heterocycles. The lowest BCUT2D eigenvalue weighted by molar-refractivity contribution is -0.118. The van der Waals surface area contributed by atoms with Crippen LogP contribution < -0.4 is 10.1 Å². The fraction of sp³-hybridized carbons (Fsp3) is 0.167. The van der Waals surface area contributed by atoms with Gasteiger partial charge in [0.2, 0.25) is 0 Å². The highest BCUT2D eigenvalue weighted by Gasteiger charge is 2.08. The molecular weight excluding hydrogens is 282 g/mol. The molecule has 20 heavy (non-hydrogen) atoms. The Morgan fingerprint density at radius 2 is 2.40 bits per heavy atom. The number of nitrogens with one attached hydrogen (secondary N) is 1. The van der Waals surface area contributed by atoms with Gasteiger partial charge in [0.05, 0.1) is 0 Å². The van der Waals surface area contributed by atoms with Crippen molar-refractivity contribution in [2.24, 2.45) is 0 Å². The van der Waals surface area contributed by atoms with Gasteiger partial charge < -0.3 is 4.74 Å². The van der Waals surface area contributed by atoms with E-state index in [-0.39, 0.29) is 18.5 Å². The Morgan fingerprint density at radius 1 is 1.60 bits per heavy atom. The molecule has 0 saturated heterocycles. The molecular formula is C12H12ClN5O2. The van der Waals surface area contributed by atoms with Crippen molar-refractivity contribution in [2.45, 2.75) is 6.92 Å². The summed E-state index contributed by atoms with van der Waals surface area (Å²) in [5.41, 5.74) is 0.875. The number of amides is 1. The molecule has 0 atom stereocenters. The second-order valence-corrected chi connectivity index (χ2v) is 4.27. The van der Waals surface area contributed by atoms with Crippen molar-refractivity contribution in [1.82, 2.24) is 20.2 Å². The number of anilines is 1. The number of aryl methyl sites for hydroxylation is 1. The van der Waals surface area contributed by atoms with Crippen LogP contribution in [0.1, 0.15) is 5.56 Å². The van der Waals surface area contributed by atoms with Gasteiger partial charge in [-0.25, -0.2) is 0 Å². The Balaban J connectivity index is 1.88. The number of ether oxygens (including phenoxy) is 1. The summed E-state index contributed by atoms with van der Waals surface area (Å²) in [5, 5.41) is 14.1. The largest absolute Gasteiger partial charge is 0.484 e. The van der Waals surface area contributed by atoms with Gasteiger partial charge in [0, 0.05) is 11.2 Å². The Labute approximate surface area is 120 Å². The Bertz CT molecular complexity index is 641.